The fraction of sp³-hybridized carbons (Fsp3) is 0.133. The molecule has 0 bridgehead atoms. The van der Waals surface area contributed by atoms with Crippen LogP contribution in [0.3, 0.4) is 0 Å². The highest BCUT2D eigenvalue weighted by Crippen LogP contribution is 2.43. The Bertz CT molecular complexity index is 724. The van der Waals surface area contributed by atoms with Gasteiger partial charge in [0.1, 0.15) is 4.32 Å². The summed E-state index contributed by atoms with van der Waals surface area (Å²) in [7, 11) is 1.62. The van der Waals surface area contributed by atoms with E-state index in [1.54, 1.807) is 18.0 Å². The van der Waals surface area contributed by atoms with E-state index in [9.17, 15) is 9.59 Å². The van der Waals surface area contributed by atoms with E-state index in [2.05, 4.69) is 6.58 Å². The lowest BCUT2D eigenvalue weighted by molar-refractivity contribution is -0.121. The van der Waals surface area contributed by atoms with E-state index in [1.165, 1.54) is 16.7 Å². The number of carbonyl (C=O) groups is 2. The van der Waals surface area contributed by atoms with Crippen molar-refractivity contribution in [3.63, 3.8) is 0 Å². The Morgan fingerprint density at radius 3 is 2.62 bits per heavy atom. The van der Waals surface area contributed by atoms with Crippen molar-refractivity contribution in [3.05, 3.63) is 47.4 Å². The first-order chi connectivity index (χ1) is 10.1. The minimum Gasteiger partial charge on any atom is -0.304 e. The third-order valence-electron chi connectivity index (χ3n) is 3.42. The van der Waals surface area contributed by atoms with Crippen LogP contribution in [0, 0.1) is 0 Å². The van der Waals surface area contributed by atoms with Crippen LogP contribution in [0.15, 0.2) is 41.8 Å². The molecule has 3 rings (SSSR count). The fourth-order valence-corrected chi connectivity index (χ4v) is 3.65. The van der Waals surface area contributed by atoms with Gasteiger partial charge in [-0.15, -0.1) is 6.58 Å². The quantitative estimate of drug-likeness (QED) is 0.477. The van der Waals surface area contributed by atoms with Crippen molar-refractivity contribution in [3.8, 4) is 0 Å². The summed E-state index contributed by atoms with van der Waals surface area (Å²) in [6, 6.07) is 7.46. The van der Waals surface area contributed by atoms with Crippen LogP contribution < -0.4 is 4.90 Å². The zero-order chi connectivity index (χ0) is 15.1. The molecule has 0 aromatic heterocycles. The van der Waals surface area contributed by atoms with Gasteiger partial charge in [0.2, 0.25) is 0 Å². The largest absolute Gasteiger partial charge is 0.304 e. The van der Waals surface area contributed by atoms with Gasteiger partial charge in [-0.05, 0) is 6.07 Å². The molecule has 0 radical (unpaired) electrons. The lowest BCUT2D eigenvalue weighted by Crippen LogP contribution is -2.27. The topological polar surface area (TPSA) is 40.6 Å². The SMILES string of the molecule is C=CCN1C(=O)C(=C2SC(=S)N(C)C2=O)c2ccccc21. The van der Waals surface area contributed by atoms with Gasteiger partial charge in [0.05, 0.1) is 16.2 Å². The Morgan fingerprint density at radius 1 is 1.29 bits per heavy atom. The van der Waals surface area contributed by atoms with Crippen molar-refractivity contribution >= 4 is 51.4 Å². The van der Waals surface area contributed by atoms with Crippen LogP contribution in [0.25, 0.3) is 5.57 Å². The molecule has 2 aliphatic rings. The standard InChI is InChI=1S/C15H12N2O2S2/c1-3-8-17-10-7-5-4-6-9(10)11(13(17)18)12-14(19)16(2)15(20)21-12/h3-7H,1,8H2,2H3. The van der Waals surface area contributed by atoms with Crippen LogP contribution in [-0.2, 0) is 9.59 Å². The van der Waals surface area contributed by atoms with E-state index < -0.39 is 0 Å². The van der Waals surface area contributed by atoms with E-state index in [1.807, 2.05) is 24.3 Å². The molecule has 21 heavy (non-hydrogen) atoms. The highest BCUT2D eigenvalue weighted by atomic mass is 32.2. The summed E-state index contributed by atoms with van der Waals surface area (Å²) in [6.07, 6.45) is 1.67. The molecule has 2 heterocycles. The van der Waals surface area contributed by atoms with Crippen molar-refractivity contribution in [2.45, 2.75) is 0 Å². The predicted octanol–water partition coefficient (Wildman–Crippen LogP) is 2.42. The molecule has 4 nitrogen and oxygen atoms in total. The van der Waals surface area contributed by atoms with Crippen LogP contribution in [0.1, 0.15) is 5.56 Å². The molecule has 0 atom stereocenters. The van der Waals surface area contributed by atoms with E-state index in [-0.39, 0.29) is 11.8 Å². The molecule has 0 N–H and O–H groups in total. The lowest BCUT2D eigenvalue weighted by Gasteiger charge is -2.14. The average Bonchev–Trinajstić information content (AvgIpc) is 2.89. The summed E-state index contributed by atoms with van der Waals surface area (Å²) in [4.78, 5) is 28.4. The number of thiocarbonyl (C=S) groups is 1. The Labute approximate surface area is 132 Å². The van der Waals surface area contributed by atoms with Gasteiger partial charge in [0.15, 0.2) is 0 Å². The molecule has 2 amide bonds. The maximum Gasteiger partial charge on any atom is 0.266 e. The second-order valence-corrected chi connectivity index (χ2v) is 6.30. The zero-order valence-electron chi connectivity index (χ0n) is 11.3. The average molecular weight is 316 g/mol. The van der Waals surface area contributed by atoms with Crippen molar-refractivity contribution in [2.24, 2.45) is 0 Å². The molecule has 6 heteroatoms. The first kappa shape index (κ1) is 14.0. The summed E-state index contributed by atoms with van der Waals surface area (Å²) in [6.45, 7) is 4.09. The number of benzene rings is 1. The number of para-hydroxylation sites is 1. The number of hydrogen-bond acceptors (Lipinski definition) is 4. The van der Waals surface area contributed by atoms with Crippen LogP contribution in [0.2, 0.25) is 0 Å². The molecular weight excluding hydrogens is 304 g/mol. The number of amides is 2. The first-order valence-corrected chi connectivity index (χ1v) is 7.55. The highest BCUT2D eigenvalue weighted by Gasteiger charge is 2.40. The van der Waals surface area contributed by atoms with Gasteiger partial charge < -0.3 is 4.90 Å². The summed E-state index contributed by atoms with van der Waals surface area (Å²) in [5.41, 5.74) is 2.02. The lowest BCUT2D eigenvalue weighted by atomic mass is 10.1. The van der Waals surface area contributed by atoms with Crippen molar-refractivity contribution in [1.29, 1.82) is 0 Å². The number of anilines is 1. The minimum absolute atomic E-state index is 0.176. The predicted molar refractivity (Wildman–Crippen MR) is 88.9 cm³/mol. The third kappa shape index (κ3) is 2.02. The van der Waals surface area contributed by atoms with Crippen LogP contribution >= 0.6 is 24.0 Å². The summed E-state index contributed by atoms with van der Waals surface area (Å²) >= 11 is 6.32. The summed E-state index contributed by atoms with van der Waals surface area (Å²) in [5, 5.41) is 0. The number of fused-ring (bicyclic) bond motifs is 1. The Kier molecular flexibility index (Phi) is 3.43. The van der Waals surface area contributed by atoms with E-state index >= 15 is 0 Å². The number of likely N-dealkylation sites (N-methyl/N-ethyl adjacent to an activating group) is 1. The third-order valence-corrected chi connectivity index (χ3v) is 4.98. The number of carbonyl (C=O) groups excluding carboxylic acids is 2. The summed E-state index contributed by atoms with van der Waals surface area (Å²) in [5.74, 6) is -0.395. The highest BCUT2D eigenvalue weighted by molar-refractivity contribution is 8.26. The van der Waals surface area contributed by atoms with Gasteiger partial charge in [-0.3, -0.25) is 14.5 Å². The fourth-order valence-electron chi connectivity index (χ4n) is 2.40. The van der Waals surface area contributed by atoms with Gasteiger partial charge in [-0.2, -0.15) is 0 Å². The normalized spacial score (nSPS) is 21.3. The molecule has 1 fully saturated rings. The van der Waals surface area contributed by atoms with Gasteiger partial charge >= 0.3 is 0 Å². The van der Waals surface area contributed by atoms with Crippen molar-refractivity contribution < 1.29 is 9.59 Å². The van der Waals surface area contributed by atoms with Gasteiger partial charge in [-0.1, -0.05) is 48.3 Å². The van der Waals surface area contributed by atoms with Gasteiger partial charge in [0.25, 0.3) is 11.8 Å². The monoisotopic (exact) mass is 316 g/mol. The van der Waals surface area contributed by atoms with E-state index in [0.29, 0.717) is 21.3 Å². The number of hydrogen-bond donors (Lipinski definition) is 0. The number of nitrogens with zero attached hydrogens (tertiary/aromatic N) is 2. The maximum absolute atomic E-state index is 12.7. The van der Waals surface area contributed by atoms with Crippen molar-refractivity contribution in [2.75, 3.05) is 18.5 Å². The van der Waals surface area contributed by atoms with Crippen molar-refractivity contribution in [1.82, 2.24) is 4.90 Å². The van der Waals surface area contributed by atoms with E-state index in [4.69, 9.17) is 12.2 Å². The molecule has 1 aromatic carbocycles. The molecule has 0 unspecified atom stereocenters. The number of rotatable bonds is 2. The number of thioether (sulfide) groups is 1. The van der Waals surface area contributed by atoms with Gasteiger partial charge in [-0.25, -0.2) is 0 Å². The van der Waals surface area contributed by atoms with Crippen LogP contribution in [0.5, 0.6) is 0 Å². The second kappa shape index (κ2) is 5.13. The molecule has 1 saturated heterocycles. The molecule has 0 aliphatic carbocycles. The Hall–Kier alpha value is -1.92. The maximum atomic E-state index is 12.7. The molecular formula is C15H12N2O2S2. The molecule has 0 saturated carbocycles. The Morgan fingerprint density at radius 2 is 2.00 bits per heavy atom. The molecule has 106 valence electrons. The Balaban J connectivity index is 2.21. The molecule has 2 aliphatic heterocycles. The second-order valence-electron chi connectivity index (χ2n) is 4.66. The minimum atomic E-state index is -0.219. The first-order valence-electron chi connectivity index (χ1n) is 6.32. The van der Waals surface area contributed by atoms with E-state index in [0.717, 1.165) is 11.3 Å². The molecule has 1 aromatic rings. The summed E-state index contributed by atoms with van der Waals surface area (Å²) < 4.78 is 0.468. The smallest absolute Gasteiger partial charge is 0.266 e. The molecule has 0 spiro atoms. The van der Waals surface area contributed by atoms with Gasteiger partial charge in [0, 0.05) is 19.2 Å². The van der Waals surface area contributed by atoms with Crippen LogP contribution in [-0.4, -0.2) is 34.6 Å². The van der Waals surface area contributed by atoms with Crippen LogP contribution in [0.4, 0.5) is 5.69 Å². The zero-order valence-corrected chi connectivity index (χ0v) is 13.0.